The monoisotopic (exact) mass is 247 g/mol. The third-order valence-corrected chi connectivity index (χ3v) is 2.66. The number of nitrogens with one attached hydrogen (secondary N) is 1. The third-order valence-electron chi connectivity index (χ3n) is 2.66. The van der Waals surface area contributed by atoms with Crippen LogP contribution in [0.25, 0.3) is 6.08 Å². The molecule has 0 atom stereocenters. The van der Waals surface area contributed by atoms with Crippen LogP contribution in [0.3, 0.4) is 0 Å². The molecule has 0 amide bonds. The van der Waals surface area contributed by atoms with Crippen LogP contribution >= 0.6 is 0 Å². The molecule has 0 saturated heterocycles. The summed E-state index contributed by atoms with van der Waals surface area (Å²) >= 11 is 0. The smallest absolute Gasteiger partial charge is 0.0478 e. The Hall–Kier alpha value is -1.12. The van der Waals surface area contributed by atoms with Crippen molar-refractivity contribution in [3.05, 3.63) is 42.0 Å². The lowest BCUT2D eigenvalue weighted by molar-refractivity contribution is 0.129. The van der Waals surface area contributed by atoms with Gasteiger partial charge in [-0.2, -0.15) is 0 Å². The van der Waals surface area contributed by atoms with Crippen molar-refractivity contribution in [2.24, 2.45) is 0 Å². The van der Waals surface area contributed by atoms with Crippen LogP contribution in [-0.4, -0.2) is 26.3 Å². The summed E-state index contributed by atoms with van der Waals surface area (Å²) in [5.41, 5.74) is 1.25. The van der Waals surface area contributed by atoms with Crippen LogP contribution < -0.4 is 5.32 Å². The number of rotatable bonds is 10. The molecule has 0 radical (unpaired) electrons. The maximum absolute atomic E-state index is 5.49. The summed E-state index contributed by atoms with van der Waals surface area (Å²) in [7, 11) is 0. The zero-order valence-electron chi connectivity index (χ0n) is 11.4. The fourth-order valence-corrected chi connectivity index (χ4v) is 1.59. The van der Waals surface area contributed by atoms with E-state index in [-0.39, 0.29) is 0 Å². The molecular formula is C16H25NO. The van der Waals surface area contributed by atoms with E-state index in [1.54, 1.807) is 0 Å². The topological polar surface area (TPSA) is 21.3 Å². The summed E-state index contributed by atoms with van der Waals surface area (Å²) in [5.74, 6) is 0. The molecule has 1 N–H and O–H groups in total. The Morgan fingerprint density at radius 1 is 1.11 bits per heavy atom. The largest absolute Gasteiger partial charge is 0.381 e. The maximum Gasteiger partial charge on any atom is 0.0478 e. The Morgan fingerprint density at radius 3 is 2.67 bits per heavy atom. The van der Waals surface area contributed by atoms with Crippen molar-refractivity contribution in [3.8, 4) is 0 Å². The van der Waals surface area contributed by atoms with E-state index in [0.717, 1.165) is 32.7 Å². The van der Waals surface area contributed by atoms with E-state index >= 15 is 0 Å². The Morgan fingerprint density at radius 2 is 1.89 bits per heavy atom. The summed E-state index contributed by atoms with van der Waals surface area (Å²) in [5, 5.41) is 3.38. The summed E-state index contributed by atoms with van der Waals surface area (Å²) in [6.45, 7) is 5.90. The van der Waals surface area contributed by atoms with Crippen molar-refractivity contribution in [1.82, 2.24) is 5.32 Å². The molecule has 0 spiro atoms. The van der Waals surface area contributed by atoms with Gasteiger partial charge in [0.25, 0.3) is 0 Å². The highest BCUT2D eigenvalue weighted by Gasteiger charge is 1.88. The molecule has 2 nitrogen and oxygen atoms in total. The first-order chi connectivity index (χ1) is 8.93. The molecule has 0 aliphatic rings. The average Bonchev–Trinajstić information content (AvgIpc) is 2.42. The van der Waals surface area contributed by atoms with Gasteiger partial charge >= 0.3 is 0 Å². The standard InChI is InChI=1S/C16H25NO/c1-2-3-14-18-15-8-13-17-12-7-11-16-9-5-4-6-10-16/h4-7,9-11,17H,2-3,8,12-15H2,1H3/b11-7+. The highest BCUT2D eigenvalue weighted by atomic mass is 16.5. The molecule has 0 heterocycles. The van der Waals surface area contributed by atoms with Gasteiger partial charge < -0.3 is 10.1 Å². The van der Waals surface area contributed by atoms with Gasteiger partial charge in [-0.1, -0.05) is 55.8 Å². The second-order valence-electron chi connectivity index (χ2n) is 4.34. The van der Waals surface area contributed by atoms with Crippen molar-refractivity contribution in [3.63, 3.8) is 0 Å². The minimum atomic E-state index is 0.870. The molecule has 0 fully saturated rings. The molecule has 0 unspecified atom stereocenters. The molecule has 0 aliphatic carbocycles. The zero-order valence-corrected chi connectivity index (χ0v) is 11.4. The van der Waals surface area contributed by atoms with Crippen molar-refractivity contribution in [2.45, 2.75) is 26.2 Å². The zero-order chi connectivity index (χ0) is 12.9. The van der Waals surface area contributed by atoms with Crippen molar-refractivity contribution in [1.29, 1.82) is 0 Å². The minimum Gasteiger partial charge on any atom is -0.381 e. The number of hydrogen-bond donors (Lipinski definition) is 1. The summed E-state index contributed by atoms with van der Waals surface area (Å²) in [4.78, 5) is 0. The van der Waals surface area contributed by atoms with Crippen LogP contribution in [-0.2, 0) is 4.74 Å². The van der Waals surface area contributed by atoms with Gasteiger partial charge in [0.1, 0.15) is 0 Å². The van der Waals surface area contributed by atoms with Crippen LogP contribution in [0.4, 0.5) is 0 Å². The molecule has 1 aromatic carbocycles. The molecule has 0 saturated carbocycles. The van der Waals surface area contributed by atoms with E-state index in [1.807, 2.05) is 6.07 Å². The minimum absolute atomic E-state index is 0.870. The number of hydrogen-bond acceptors (Lipinski definition) is 2. The van der Waals surface area contributed by atoms with Gasteiger partial charge in [0.15, 0.2) is 0 Å². The summed E-state index contributed by atoms with van der Waals surface area (Å²) < 4.78 is 5.49. The average molecular weight is 247 g/mol. The molecule has 1 rings (SSSR count). The lowest BCUT2D eigenvalue weighted by atomic mass is 10.2. The number of unbranched alkanes of at least 4 members (excludes halogenated alkanes) is 1. The molecule has 0 aliphatic heterocycles. The van der Waals surface area contributed by atoms with Gasteiger partial charge in [0.05, 0.1) is 0 Å². The van der Waals surface area contributed by atoms with Gasteiger partial charge in [0, 0.05) is 19.8 Å². The van der Waals surface area contributed by atoms with E-state index in [4.69, 9.17) is 4.74 Å². The highest BCUT2D eigenvalue weighted by Crippen LogP contribution is 1.99. The van der Waals surface area contributed by atoms with Crippen LogP contribution in [0.1, 0.15) is 31.7 Å². The summed E-state index contributed by atoms with van der Waals surface area (Å²) in [6, 6.07) is 10.4. The van der Waals surface area contributed by atoms with Crippen molar-refractivity contribution < 1.29 is 4.74 Å². The second kappa shape index (κ2) is 11.0. The van der Waals surface area contributed by atoms with Crippen molar-refractivity contribution >= 4 is 6.08 Å². The SMILES string of the molecule is CCCCOCCCNC/C=C/c1ccccc1. The fraction of sp³-hybridized carbons (Fsp3) is 0.500. The molecule has 1 aromatic rings. The van der Waals surface area contributed by atoms with Crippen LogP contribution in [0.5, 0.6) is 0 Å². The second-order valence-corrected chi connectivity index (χ2v) is 4.34. The van der Waals surface area contributed by atoms with Gasteiger partial charge in [-0.3, -0.25) is 0 Å². The number of ether oxygens (including phenoxy) is 1. The fourth-order valence-electron chi connectivity index (χ4n) is 1.59. The lowest BCUT2D eigenvalue weighted by Gasteiger charge is -2.03. The lowest BCUT2D eigenvalue weighted by Crippen LogP contribution is -2.16. The Kier molecular flexibility index (Phi) is 9.13. The normalized spacial score (nSPS) is 11.2. The Bertz CT molecular complexity index is 308. The molecule has 2 heteroatoms. The van der Waals surface area contributed by atoms with Crippen LogP contribution in [0.2, 0.25) is 0 Å². The summed E-state index contributed by atoms with van der Waals surface area (Å²) in [6.07, 6.45) is 7.77. The predicted octanol–water partition coefficient (Wildman–Crippen LogP) is 3.50. The van der Waals surface area contributed by atoms with Crippen molar-refractivity contribution in [2.75, 3.05) is 26.3 Å². The highest BCUT2D eigenvalue weighted by molar-refractivity contribution is 5.48. The van der Waals surface area contributed by atoms with E-state index in [0.29, 0.717) is 0 Å². The van der Waals surface area contributed by atoms with Gasteiger partial charge in [-0.05, 0) is 24.9 Å². The molecule has 0 bridgehead atoms. The van der Waals surface area contributed by atoms with Gasteiger partial charge in [0.2, 0.25) is 0 Å². The van der Waals surface area contributed by atoms with Gasteiger partial charge in [-0.15, -0.1) is 0 Å². The predicted molar refractivity (Wildman–Crippen MR) is 78.7 cm³/mol. The van der Waals surface area contributed by atoms with E-state index in [9.17, 15) is 0 Å². The van der Waals surface area contributed by atoms with Crippen LogP contribution in [0, 0.1) is 0 Å². The quantitative estimate of drug-likeness (QED) is 0.639. The molecule has 100 valence electrons. The number of benzene rings is 1. The molecule has 18 heavy (non-hydrogen) atoms. The Labute approximate surface area is 111 Å². The van der Waals surface area contributed by atoms with E-state index < -0.39 is 0 Å². The van der Waals surface area contributed by atoms with Crippen LogP contribution in [0.15, 0.2) is 36.4 Å². The van der Waals surface area contributed by atoms with E-state index in [2.05, 4.69) is 48.7 Å². The first kappa shape index (κ1) is 14.9. The first-order valence-corrected chi connectivity index (χ1v) is 6.93. The van der Waals surface area contributed by atoms with E-state index in [1.165, 1.54) is 18.4 Å². The molecular weight excluding hydrogens is 222 g/mol. The molecule has 0 aromatic heterocycles. The van der Waals surface area contributed by atoms with Gasteiger partial charge in [-0.25, -0.2) is 0 Å². The first-order valence-electron chi connectivity index (χ1n) is 6.93. The maximum atomic E-state index is 5.49. The Balaban J connectivity index is 1.91. The third kappa shape index (κ3) is 8.04.